The van der Waals surface area contributed by atoms with Gasteiger partial charge in [0.05, 0.1) is 41.2 Å². The van der Waals surface area contributed by atoms with Crippen molar-refractivity contribution in [1.29, 1.82) is 0 Å². The van der Waals surface area contributed by atoms with Gasteiger partial charge in [0.1, 0.15) is 10.5 Å². The Morgan fingerprint density at radius 2 is 2.03 bits per heavy atom. The van der Waals surface area contributed by atoms with Crippen LogP contribution in [0.3, 0.4) is 0 Å². The van der Waals surface area contributed by atoms with E-state index < -0.39 is 17.1 Å². The molecule has 15 heteroatoms. The highest BCUT2D eigenvalue weighted by Crippen LogP contribution is 2.39. The van der Waals surface area contributed by atoms with Gasteiger partial charge < -0.3 is 4.74 Å². The van der Waals surface area contributed by atoms with Crippen molar-refractivity contribution in [3.63, 3.8) is 0 Å². The predicted octanol–water partition coefficient (Wildman–Crippen LogP) is 2.72. The Labute approximate surface area is 220 Å². The molecule has 0 saturated heterocycles. The number of aromatic amines is 1. The van der Waals surface area contributed by atoms with E-state index in [1.165, 1.54) is 23.9 Å². The molecule has 0 aliphatic carbocycles. The maximum absolute atomic E-state index is 14.2. The normalized spacial score (nSPS) is 11.6. The molecule has 6 aromatic rings. The zero-order chi connectivity index (χ0) is 26.6. The molecule has 0 saturated carbocycles. The number of nitrogens with one attached hydrogen (secondary N) is 1. The number of hydrogen-bond donors (Lipinski definition) is 1. The van der Waals surface area contributed by atoms with Crippen molar-refractivity contribution >= 4 is 44.1 Å². The number of aromatic nitrogens is 9. The van der Waals surface area contributed by atoms with E-state index in [9.17, 15) is 14.0 Å². The summed E-state index contributed by atoms with van der Waals surface area (Å²) in [5.74, 6) is -0.137. The van der Waals surface area contributed by atoms with Gasteiger partial charge in [0.25, 0.3) is 5.56 Å². The van der Waals surface area contributed by atoms with Crippen LogP contribution >= 0.6 is 22.9 Å². The van der Waals surface area contributed by atoms with Crippen LogP contribution in [-0.4, -0.2) is 51.6 Å². The van der Waals surface area contributed by atoms with Crippen LogP contribution in [0.5, 0.6) is 5.75 Å². The van der Waals surface area contributed by atoms with Gasteiger partial charge in [-0.2, -0.15) is 5.10 Å². The molecule has 6 rings (SSSR count). The SMILES string of the molecule is COc1cc(-c2cc3c(s2)c(=O)n(-c2cncc4cnn(C)c24)c(=O)n3CCc2nnn[nH]2)c(Cl)cc1F. The van der Waals surface area contributed by atoms with Gasteiger partial charge in [0, 0.05) is 42.0 Å². The van der Waals surface area contributed by atoms with Crippen LogP contribution in [0.2, 0.25) is 5.02 Å². The summed E-state index contributed by atoms with van der Waals surface area (Å²) in [5.41, 5.74) is 0.634. The molecule has 0 bridgehead atoms. The van der Waals surface area contributed by atoms with Crippen LogP contribution in [0, 0.1) is 5.82 Å². The van der Waals surface area contributed by atoms with E-state index in [1.807, 2.05) is 0 Å². The van der Waals surface area contributed by atoms with E-state index in [1.54, 1.807) is 30.2 Å². The third-order valence-electron chi connectivity index (χ3n) is 6.15. The average Bonchev–Trinajstić information content (AvgIpc) is 3.65. The molecule has 192 valence electrons. The second-order valence-electron chi connectivity index (χ2n) is 8.33. The number of hydrogen-bond acceptors (Lipinski definition) is 9. The molecule has 0 unspecified atom stereocenters. The standard InChI is InChI=1S/C23H17ClFN9O3S/c1-32-20-11(9-27-32)8-26-10-16(20)34-22(35)21-15(33(23(34)36)4-3-19-28-30-31-29-19)7-18(38-21)12-5-17(37-2)14(25)6-13(12)24/h5-10H,3-4H2,1-2H3,(H,28,29,30,31). The number of fused-ring (bicyclic) bond motifs is 2. The number of nitrogens with zero attached hydrogens (tertiary/aromatic N) is 8. The molecule has 0 fully saturated rings. The first-order valence-corrected chi connectivity index (χ1v) is 12.4. The van der Waals surface area contributed by atoms with Crippen LogP contribution in [0.1, 0.15) is 5.82 Å². The van der Waals surface area contributed by atoms with Crippen molar-refractivity contribution in [2.24, 2.45) is 7.05 Å². The molecule has 1 N–H and O–H groups in total. The lowest BCUT2D eigenvalue weighted by Crippen LogP contribution is -2.39. The minimum atomic E-state index is -0.612. The summed E-state index contributed by atoms with van der Waals surface area (Å²) in [6.07, 6.45) is 4.97. The molecule has 12 nitrogen and oxygen atoms in total. The first-order chi connectivity index (χ1) is 18.4. The Bertz CT molecular complexity index is 1960. The maximum atomic E-state index is 14.2. The van der Waals surface area contributed by atoms with Crippen molar-refractivity contribution in [2.75, 3.05) is 7.11 Å². The Kier molecular flexibility index (Phi) is 5.76. The molecule has 0 aliphatic heterocycles. The Hall–Kier alpha value is -4.43. The van der Waals surface area contributed by atoms with Gasteiger partial charge in [0.15, 0.2) is 11.6 Å². The van der Waals surface area contributed by atoms with E-state index in [4.69, 9.17) is 16.3 Å². The topological polar surface area (TPSA) is 138 Å². The number of methoxy groups -OCH3 is 1. The largest absolute Gasteiger partial charge is 0.494 e. The zero-order valence-corrected chi connectivity index (χ0v) is 21.4. The van der Waals surface area contributed by atoms with E-state index in [2.05, 4.69) is 30.7 Å². The maximum Gasteiger partial charge on any atom is 0.336 e. The lowest BCUT2D eigenvalue weighted by molar-refractivity contribution is 0.387. The highest BCUT2D eigenvalue weighted by molar-refractivity contribution is 7.22. The molecular formula is C23H17ClFN9O3S. The number of benzene rings is 1. The first kappa shape index (κ1) is 23.9. The minimum absolute atomic E-state index is 0.00318. The second kappa shape index (κ2) is 9.15. The molecule has 0 aliphatic rings. The number of pyridine rings is 1. The summed E-state index contributed by atoms with van der Waals surface area (Å²) in [5, 5.41) is 18.8. The third kappa shape index (κ3) is 3.76. The highest BCUT2D eigenvalue weighted by atomic mass is 35.5. The van der Waals surface area contributed by atoms with E-state index >= 15 is 0 Å². The zero-order valence-electron chi connectivity index (χ0n) is 19.8. The van der Waals surface area contributed by atoms with Gasteiger partial charge >= 0.3 is 5.69 Å². The summed E-state index contributed by atoms with van der Waals surface area (Å²) in [4.78, 5) is 32.6. The number of tetrazole rings is 1. The molecule has 0 amide bonds. The Morgan fingerprint density at radius 1 is 1.18 bits per heavy atom. The monoisotopic (exact) mass is 553 g/mol. The molecule has 0 atom stereocenters. The number of rotatable bonds is 6. The van der Waals surface area contributed by atoms with Gasteiger partial charge in [-0.05, 0) is 28.6 Å². The van der Waals surface area contributed by atoms with Crippen LogP contribution in [0.4, 0.5) is 4.39 Å². The second-order valence-corrected chi connectivity index (χ2v) is 9.79. The smallest absolute Gasteiger partial charge is 0.336 e. The van der Waals surface area contributed by atoms with Gasteiger partial charge in [-0.15, -0.1) is 16.4 Å². The van der Waals surface area contributed by atoms with E-state index in [-0.39, 0.29) is 17.3 Å². The molecule has 5 heterocycles. The summed E-state index contributed by atoms with van der Waals surface area (Å²) < 4.78 is 23.8. The van der Waals surface area contributed by atoms with Crippen molar-refractivity contribution < 1.29 is 9.13 Å². The first-order valence-electron chi connectivity index (χ1n) is 11.2. The number of aryl methyl sites for hydroxylation is 3. The van der Waals surface area contributed by atoms with Crippen LogP contribution < -0.4 is 16.0 Å². The third-order valence-corrected chi connectivity index (χ3v) is 7.61. The number of ether oxygens (including phenoxy) is 1. The summed E-state index contributed by atoms with van der Waals surface area (Å²) in [6, 6.07) is 4.30. The summed E-state index contributed by atoms with van der Waals surface area (Å²) in [7, 11) is 3.07. The summed E-state index contributed by atoms with van der Waals surface area (Å²) in [6.45, 7) is 0.165. The van der Waals surface area contributed by atoms with Gasteiger partial charge in [-0.3, -0.25) is 19.0 Å². The van der Waals surface area contributed by atoms with Crippen LogP contribution in [-0.2, 0) is 20.0 Å². The van der Waals surface area contributed by atoms with Crippen LogP contribution in [0.15, 0.2) is 46.4 Å². The fourth-order valence-corrected chi connectivity index (χ4v) is 5.79. The van der Waals surface area contributed by atoms with Crippen molar-refractivity contribution in [2.45, 2.75) is 13.0 Å². The average molecular weight is 554 g/mol. The van der Waals surface area contributed by atoms with E-state index in [0.29, 0.717) is 49.5 Å². The highest BCUT2D eigenvalue weighted by Gasteiger charge is 2.22. The lowest BCUT2D eigenvalue weighted by Gasteiger charge is -2.12. The summed E-state index contributed by atoms with van der Waals surface area (Å²) >= 11 is 7.51. The molecule has 0 spiro atoms. The fourth-order valence-electron chi connectivity index (χ4n) is 4.36. The molecular weight excluding hydrogens is 537 g/mol. The predicted molar refractivity (Wildman–Crippen MR) is 139 cm³/mol. The quantitative estimate of drug-likeness (QED) is 0.332. The van der Waals surface area contributed by atoms with Gasteiger partial charge in [0.2, 0.25) is 0 Å². The van der Waals surface area contributed by atoms with Gasteiger partial charge in [-0.1, -0.05) is 11.6 Å². The molecule has 1 aromatic carbocycles. The van der Waals surface area contributed by atoms with Crippen molar-refractivity contribution in [3.8, 4) is 21.9 Å². The molecule has 5 aromatic heterocycles. The van der Waals surface area contributed by atoms with Crippen LogP contribution in [0.25, 0.3) is 37.2 Å². The lowest BCUT2D eigenvalue weighted by atomic mass is 10.1. The van der Waals surface area contributed by atoms with E-state index in [0.717, 1.165) is 22.0 Å². The molecule has 38 heavy (non-hydrogen) atoms. The minimum Gasteiger partial charge on any atom is -0.494 e. The number of H-pyrrole nitrogens is 1. The number of halogens is 2. The fraction of sp³-hybridized carbons (Fsp3) is 0.174. The molecule has 0 radical (unpaired) electrons. The Morgan fingerprint density at radius 3 is 2.79 bits per heavy atom. The van der Waals surface area contributed by atoms with Crippen molar-refractivity contribution in [3.05, 3.63) is 74.3 Å². The van der Waals surface area contributed by atoms with Gasteiger partial charge in [-0.25, -0.2) is 18.9 Å². The Balaban J connectivity index is 1.64. The number of thiophene rings is 1. The van der Waals surface area contributed by atoms with Crippen molar-refractivity contribution in [1.82, 2.24) is 44.5 Å².